The van der Waals surface area contributed by atoms with Gasteiger partial charge in [-0.2, -0.15) is 0 Å². The lowest BCUT2D eigenvalue weighted by Gasteiger charge is -2.36. The van der Waals surface area contributed by atoms with Gasteiger partial charge in [0, 0.05) is 32.6 Å². The quantitative estimate of drug-likeness (QED) is 0.706. The Labute approximate surface area is 183 Å². The van der Waals surface area contributed by atoms with E-state index in [0.717, 1.165) is 24.5 Å². The molecule has 2 atom stereocenters. The van der Waals surface area contributed by atoms with Gasteiger partial charge in [0.15, 0.2) is 0 Å². The molecule has 9 heteroatoms. The zero-order valence-electron chi connectivity index (χ0n) is 17.5. The highest BCUT2D eigenvalue weighted by Gasteiger charge is 2.22. The van der Waals surface area contributed by atoms with Crippen molar-refractivity contribution in [1.82, 2.24) is 9.21 Å². The summed E-state index contributed by atoms with van der Waals surface area (Å²) in [6.45, 7) is 4.74. The molecule has 0 bridgehead atoms. The van der Waals surface area contributed by atoms with Crippen molar-refractivity contribution in [2.45, 2.75) is 23.1 Å². The van der Waals surface area contributed by atoms with Crippen molar-refractivity contribution in [1.29, 1.82) is 0 Å². The van der Waals surface area contributed by atoms with Gasteiger partial charge < -0.3 is 9.80 Å². The van der Waals surface area contributed by atoms with E-state index in [-0.39, 0.29) is 5.91 Å². The van der Waals surface area contributed by atoms with E-state index in [0.29, 0.717) is 29.3 Å². The second-order valence-corrected chi connectivity index (χ2v) is 10.1. The molecule has 162 valence electrons. The summed E-state index contributed by atoms with van der Waals surface area (Å²) < 4.78 is 29.7. The van der Waals surface area contributed by atoms with Crippen LogP contribution in [0.5, 0.6) is 0 Å². The van der Waals surface area contributed by atoms with Gasteiger partial charge in [0.05, 0.1) is 21.2 Å². The summed E-state index contributed by atoms with van der Waals surface area (Å²) in [4.78, 5) is 17.3. The summed E-state index contributed by atoms with van der Waals surface area (Å²) in [7, 11) is 0.817. The van der Waals surface area contributed by atoms with Crippen LogP contribution in [0.15, 0.2) is 58.3 Å². The predicted octanol–water partition coefficient (Wildman–Crippen LogP) is 2.46. The first-order chi connectivity index (χ1) is 14.4. The van der Waals surface area contributed by atoms with Crippen molar-refractivity contribution in [3.63, 3.8) is 0 Å². The lowest BCUT2D eigenvalue weighted by molar-refractivity contribution is -0.131. The highest BCUT2D eigenvalue weighted by Crippen LogP contribution is 2.28. The first-order valence-corrected chi connectivity index (χ1v) is 12.2. The van der Waals surface area contributed by atoms with Gasteiger partial charge in [-0.25, -0.2) is 12.7 Å². The second-order valence-electron chi connectivity index (χ2n) is 7.14. The number of benzene rings is 2. The number of nitrogens with one attached hydrogen (secondary N) is 1. The lowest BCUT2D eigenvalue weighted by atomic mass is 10.2. The topological polar surface area (TPSA) is 73.0 Å². The summed E-state index contributed by atoms with van der Waals surface area (Å²) >= 11 is 0. The third-order valence-corrected chi connectivity index (χ3v) is 7.40. The van der Waals surface area contributed by atoms with Crippen molar-refractivity contribution in [3.05, 3.63) is 48.5 Å². The molecule has 1 aliphatic heterocycles. The van der Waals surface area contributed by atoms with Gasteiger partial charge in [-0.3, -0.25) is 9.52 Å². The fourth-order valence-corrected chi connectivity index (χ4v) is 4.97. The third kappa shape index (κ3) is 5.27. The molecular formula is C21H28N4O3S2. The molecule has 2 aromatic carbocycles. The molecule has 30 heavy (non-hydrogen) atoms. The second kappa shape index (κ2) is 10.2. The molecular weight excluding hydrogens is 420 g/mol. The monoisotopic (exact) mass is 448 g/mol. The highest BCUT2D eigenvalue weighted by atomic mass is 32.2. The van der Waals surface area contributed by atoms with Crippen LogP contribution in [0, 0.1) is 0 Å². The van der Waals surface area contributed by atoms with Gasteiger partial charge in [0.25, 0.3) is 0 Å². The van der Waals surface area contributed by atoms with Crippen LogP contribution in [0.4, 0.5) is 11.4 Å². The van der Waals surface area contributed by atoms with E-state index in [1.165, 1.54) is 0 Å². The Morgan fingerprint density at radius 2 is 1.57 bits per heavy atom. The summed E-state index contributed by atoms with van der Waals surface area (Å²) in [6.07, 6.45) is 0.526. The van der Waals surface area contributed by atoms with Crippen LogP contribution >= 0.6 is 0 Å². The van der Waals surface area contributed by atoms with Crippen molar-refractivity contribution in [2.75, 3.05) is 49.9 Å². The minimum Gasteiger partial charge on any atom is -0.366 e. The van der Waals surface area contributed by atoms with Gasteiger partial charge in [0.1, 0.15) is 22.0 Å². The molecule has 1 aliphatic rings. The number of carbonyl (C=O) groups excluding carboxylic acids is 1. The first kappa shape index (κ1) is 22.5. The Balaban J connectivity index is 1.70. The van der Waals surface area contributed by atoms with Gasteiger partial charge in [0.2, 0.25) is 5.91 Å². The summed E-state index contributed by atoms with van der Waals surface area (Å²) in [5, 5.41) is 0. The average molecular weight is 449 g/mol. The number of nitrogens with zero attached hydrogens (tertiary/aromatic N) is 3. The minimum atomic E-state index is -1.45. The Bertz CT molecular complexity index is 926. The van der Waals surface area contributed by atoms with Crippen LogP contribution in [-0.2, 0) is 26.8 Å². The number of hydrogen-bond donors (Lipinski definition) is 1. The fourth-order valence-electron chi connectivity index (χ4n) is 3.31. The average Bonchev–Trinajstić information content (AvgIpc) is 2.78. The Morgan fingerprint density at radius 3 is 2.17 bits per heavy atom. The van der Waals surface area contributed by atoms with E-state index < -0.39 is 22.0 Å². The van der Waals surface area contributed by atoms with Gasteiger partial charge in [-0.1, -0.05) is 19.1 Å². The highest BCUT2D eigenvalue weighted by molar-refractivity contribution is 7.86. The fraction of sp³-hybridized carbons (Fsp3) is 0.381. The number of anilines is 2. The number of para-hydroxylation sites is 2. The van der Waals surface area contributed by atoms with Crippen LogP contribution in [0.25, 0.3) is 0 Å². The molecule has 1 amide bonds. The molecule has 0 saturated carbocycles. The molecule has 2 unspecified atom stereocenters. The van der Waals surface area contributed by atoms with Gasteiger partial charge in [-0.15, -0.1) is 0 Å². The van der Waals surface area contributed by atoms with Gasteiger partial charge >= 0.3 is 0 Å². The number of amides is 1. The molecule has 0 radical (unpaired) electrons. The molecule has 1 N–H and O–H groups in total. The summed E-state index contributed by atoms with van der Waals surface area (Å²) in [5.74, 6) is 0.181. The van der Waals surface area contributed by atoms with E-state index >= 15 is 0 Å². The standard InChI is InChI=1S/C21H28N4O3S2/c1-4-21(26)25-15-13-24(14-16-25)20-8-6-5-7-19(20)22-29(27)17-9-11-18(12-10-17)30(28)23(2)3/h5-12,22H,4,13-16H2,1-3H3. The smallest absolute Gasteiger partial charge is 0.222 e. The maximum absolute atomic E-state index is 12.9. The van der Waals surface area contributed by atoms with E-state index in [1.807, 2.05) is 36.1 Å². The van der Waals surface area contributed by atoms with E-state index in [9.17, 15) is 13.2 Å². The molecule has 1 fully saturated rings. The Kier molecular flexibility index (Phi) is 7.63. The van der Waals surface area contributed by atoms with Crippen LogP contribution in [0.2, 0.25) is 0 Å². The molecule has 7 nitrogen and oxygen atoms in total. The predicted molar refractivity (Wildman–Crippen MR) is 122 cm³/mol. The Hall–Kier alpha value is -2.23. The van der Waals surface area contributed by atoms with Crippen molar-refractivity contribution >= 4 is 39.3 Å². The summed E-state index contributed by atoms with van der Waals surface area (Å²) in [5.41, 5.74) is 1.76. The van der Waals surface area contributed by atoms with Crippen molar-refractivity contribution in [3.8, 4) is 0 Å². The molecule has 0 aromatic heterocycles. The van der Waals surface area contributed by atoms with E-state index in [4.69, 9.17) is 0 Å². The number of rotatable bonds is 7. The molecule has 1 saturated heterocycles. The number of hydrogen-bond acceptors (Lipinski definition) is 4. The Morgan fingerprint density at radius 1 is 0.967 bits per heavy atom. The zero-order chi connectivity index (χ0) is 21.7. The molecule has 0 aliphatic carbocycles. The van der Waals surface area contributed by atoms with Crippen LogP contribution in [0.3, 0.4) is 0 Å². The molecule has 2 aromatic rings. The number of piperazine rings is 1. The number of carbonyl (C=O) groups is 1. The lowest BCUT2D eigenvalue weighted by Crippen LogP contribution is -2.48. The van der Waals surface area contributed by atoms with Crippen LogP contribution in [-0.4, -0.2) is 63.8 Å². The largest absolute Gasteiger partial charge is 0.366 e. The van der Waals surface area contributed by atoms with Crippen LogP contribution in [0.1, 0.15) is 13.3 Å². The van der Waals surface area contributed by atoms with E-state index in [2.05, 4.69) is 9.62 Å². The summed E-state index contributed by atoms with van der Waals surface area (Å²) in [6, 6.07) is 14.7. The molecule has 1 heterocycles. The third-order valence-electron chi connectivity index (χ3n) is 4.95. The van der Waals surface area contributed by atoms with Gasteiger partial charge in [-0.05, 0) is 50.5 Å². The maximum Gasteiger partial charge on any atom is 0.222 e. The minimum absolute atomic E-state index is 0.181. The first-order valence-electron chi connectivity index (χ1n) is 9.90. The van der Waals surface area contributed by atoms with Crippen LogP contribution < -0.4 is 9.62 Å². The van der Waals surface area contributed by atoms with Crippen molar-refractivity contribution in [2.24, 2.45) is 0 Å². The zero-order valence-corrected chi connectivity index (χ0v) is 19.2. The molecule has 0 spiro atoms. The SMILES string of the molecule is CCC(=O)N1CCN(c2ccccc2NS(=O)c2ccc(S(=O)N(C)C)cc2)CC1. The maximum atomic E-state index is 12.9. The van der Waals surface area contributed by atoms with E-state index in [1.54, 1.807) is 42.7 Å². The normalized spacial score (nSPS) is 16.4. The van der Waals surface area contributed by atoms with Crippen molar-refractivity contribution < 1.29 is 13.2 Å². The molecule has 3 rings (SSSR count).